The summed E-state index contributed by atoms with van der Waals surface area (Å²) in [6.45, 7) is 0.641. The van der Waals surface area contributed by atoms with Crippen LogP contribution in [-0.2, 0) is 0 Å². The molecule has 0 atom stereocenters. The van der Waals surface area contributed by atoms with Gasteiger partial charge in [-0.05, 0) is 32.0 Å². The predicted octanol–water partition coefficient (Wildman–Crippen LogP) is 2.63. The number of nitrogens with zero attached hydrogens (tertiary/aromatic N) is 1. The van der Waals surface area contributed by atoms with Crippen molar-refractivity contribution in [2.45, 2.75) is 25.3 Å². The molecule has 0 aromatic heterocycles. The molecule has 1 aliphatic carbocycles. The van der Waals surface area contributed by atoms with Gasteiger partial charge in [-0.1, -0.05) is 0 Å². The maximum atomic E-state index is 12.9. The molecule has 1 aromatic rings. The molecule has 0 spiro atoms. The lowest BCUT2D eigenvalue weighted by molar-refractivity contribution is 0.0967. The molecule has 0 bridgehead atoms. The number of ketones is 1. The van der Waals surface area contributed by atoms with E-state index in [-0.39, 0.29) is 11.3 Å². The number of benzene rings is 1. The summed E-state index contributed by atoms with van der Waals surface area (Å²) >= 11 is 0. The van der Waals surface area contributed by atoms with Gasteiger partial charge in [0.2, 0.25) is 0 Å². The van der Waals surface area contributed by atoms with Crippen LogP contribution in [0.15, 0.2) is 18.2 Å². The molecule has 2 nitrogen and oxygen atoms in total. The Morgan fingerprint density at radius 3 is 2.41 bits per heavy atom. The van der Waals surface area contributed by atoms with Crippen molar-refractivity contribution in [3.05, 3.63) is 35.4 Å². The van der Waals surface area contributed by atoms with Crippen molar-refractivity contribution in [2.75, 3.05) is 13.6 Å². The highest BCUT2D eigenvalue weighted by atomic mass is 19.1. The second kappa shape index (κ2) is 4.92. The molecule has 0 aliphatic heterocycles. The Balaban J connectivity index is 1.94. The van der Waals surface area contributed by atoms with E-state index in [1.54, 1.807) is 0 Å². The summed E-state index contributed by atoms with van der Waals surface area (Å²) in [7, 11) is 1.97. The van der Waals surface area contributed by atoms with E-state index in [1.165, 1.54) is 12.8 Å². The first-order chi connectivity index (χ1) is 8.06. The van der Waals surface area contributed by atoms with Gasteiger partial charge < -0.3 is 4.90 Å². The van der Waals surface area contributed by atoms with E-state index in [2.05, 4.69) is 4.90 Å². The van der Waals surface area contributed by atoms with Gasteiger partial charge in [-0.2, -0.15) is 0 Å². The van der Waals surface area contributed by atoms with E-state index in [9.17, 15) is 13.6 Å². The third-order valence-electron chi connectivity index (χ3n) is 3.05. The molecule has 2 rings (SSSR count). The third-order valence-corrected chi connectivity index (χ3v) is 3.05. The normalized spacial score (nSPS) is 15.3. The summed E-state index contributed by atoms with van der Waals surface area (Å²) in [5.41, 5.74) is 0.117. The van der Waals surface area contributed by atoms with Gasteiger partial charge in [-0.25, -0.2) is 8.78 Å². The van der Waals surface area contributed by atoms with Crippen LogP contribution in [0.25, 0.3) is 0 Å². The second-order valence-electron chi connectivity index (χ2n) is 4.54. The minimum absolute atomic E-state index is 0.117. The molecule has 0 N–H and O–H groups in total. The monoisotopic (exact) mass is 239 g/mol. The Labute approximate surface area is 99.2 Å². The van der Waals surface area contributed by atoms with E-state index in [0.717, 1.165) is 18.2 Å². The molecule has 1 saturated carbocycles. The van der Waals surface area contributed by atoms with Crippen molar-refractivity contribution in [3.63, 3.8) is 0 Å². The topological polar surface area (TPSA) is 20.3 Å². The fourth-order valence-corrected chi connectivity index (χ4v) is 1.83. The molecular formula is C13H15F2NO. The Hall–Kier alpha value is -1.29. The lowest BCUT2D eigenvalue weighted by Gasteiger charge is -2.14. The van der Waals surface area contributed by atoms with Crippen molar-refractivity contribution in [2.24, 2.45) is 0 Å². The molecule has 1 aliphatic rings. The van der Waals surface area contributed by atoms with E-state index in [1.807, 2.05) is 7.05 Å². The van der Waals surface area contributed by atoms with Crippen molar-refractivity contribution < 1.29 is 13.6 Å². The number of halogens is 2. The summed E-state index contributed by atoms with van der Waals surface area (Å²) < 4.78 is 25.8. The zero-order chi connectivity index (χ0) is 12.4. The van der Waals surface area contributed by atoms with Crippen LogP contribution in [-0.4, -0.2) is 30.3 Å². The van der Waals surface area contributed by atoms with Crippen LogP contribution in [0.4, 0.5) is 8.78 Å². The highest BCUT2D eigenvalue weighted by molar-refractivity contribution is 5.96. The van der Waals surface area contributed by atoms with Crippen LogP contribution >= 0.6 is 0 Å². The fraction of sp³-hybridized carbons (Fsp3) is 0.462. The lowest BCUT2D eigenvalue weighted by atomic mass is 10.1. The Kier molecular flexibility index (Phi) is 3.52. The molecular weight excluding hydrogens is 224 g/mol. The predicted molar refractivity (Wildman–Crippen MR) is 61.0 cm³/mol. The number of carbonyl (C=O) groups is 1. The zero-order valence-electron chi connectivity index (χ0n) is 9.75. The van der Waals surface area contributed by atoms with Crippen LogP contribution < -0.4 is 0 Å². The van der Waals surface area contributed by atoms with Gasteiger partial charge in [0.05, 0.1) is 0 Å². The first-order valence-electron chi connectivity index (χ1n) is 5.76. The minimum atomic E-state index is -0.705. The van der Waals surface area contributed by atoms with Crippen LogP contribution in [0.5, 0.6) is 0 Å². The van der Waals surface area contributed by atoms with E-state index in [4.69, 9.17) is 0 Å². The average Bonchev–Trinajstić information content (AvgIpc) is 3.07. The van der Waals surface area contributed by atoms with Gasteiger partial charge in [0.25, 0.3) is 0 Å². The van der Waals surface area contributed by atoms with E-state index >= 15 is 0 Å². The number of hydrogen-bond acceptors (Lipinski definition) is 2. The Morgan fingerprint density at radius 2 is 1.88 bits per heavy atom. The highest BCUT2D eigenvalue weighted by Crippen LogP contribution is 2.25. The van der Waals surface area contributed by atoms with Gasteiger partial charge in [-0.3, -0.25) is 4.79 Å². The first-order valence-corrected chi connectivity index (χ1v) is 5.76. The molecule has 1 aromatic carbocycles. The molecule has 4 heteroatoms. The lowest BCUT2D eigenvalue weighted by Crippen LogP contribution is -2.24. The highest BCUT2D eigenvalue weighted by Gasteiger charge is 2.26. The van der Waals surface area contributed by atoms with Crippen molar-refractivity contribution in [1.82, 2.24) is 4.90 Å². The van der Waals surface area contributed by atoms with Crippen LogP contribution in [0.2, 0.25) is 0 Å². The quantitative estimate of drug-likeness (QED) is 0.736. The summed E-state index contributed by atoms with van der Waals surface area (Å²) in [5, 5.41) is 0. The number of rotatable bonds is 5. The molecule has 0 amide bonds. The van der Waals surface area contributed by atoms with Gasteiger partial charge in [0.1, 0.15) is 11.6 Å². The van der Waals surface area contributed by atoms with Gasteiger partial charge in [0.15, 0.2) is 5.78 Å². The molecule has 1 fully saturated rings. The van der Waals surface area contributed by atoms with E-state index in [0.29, 0.717) is 19.0 Å². The number of Topliss-reactive ketones (excluding diaryl/α,β-unsaturated/α-hetero) is 1. The Bertz CT molecular complexity index is 409. The van der Waals surface area contributed by atoms with Gasteiger partial charge in [0, 0.05) is 30.6 Å². The number of hydrogen-bond donors (Lipinski definition) is 0. The smallest absolute Gasteiger partial charge is 0.164 e. The molecule has 0 saturated heterocycles. The maximum Gasteiger partial charge on any atom is 0.164 e. The largest absolute Gasteiger partial charge is 0.303 e. The van der Waals surface area contributed by atoms with Crippen molar-refractivity contribution in [3.8, 4) is 0 Å². The zero-order valence-corrected chi connectivity index (χ0v) is 9.75. The molecule has 0 radical (unpaired) electrons. The first kappa shape index (κ1) is 12.2. The van der Waals surface area contributed by atoms with E-state index < -0.39 is 11.6 Å². The summed E-state index contributed by atoms with van der Waals surface area (Å²) in [5.74, 6) is -1.62. The summed E-state index contributed by atoms with van der Waals surface area (Å²) in [6, 6.07) is 3.53. The van der Waals surface area contributed by atoms with Gasteiger partial charge in [-0.15, -0.1) is 0 Å². The Morgan fingerprint density at radius 1 is 1.29 bits per heavy atom. The van der Waals surface area contributed by atoms with Gasteiger partial charge >= 0.3 is 0 Å². The third kappa shape index (κ3) is 3.33. The van der Waals surface area contributed by atoms with Crippen LogP contribution in [0.3, 0.4) is 0 Å². The molecule has 0 heterocycles. The van der Waals surface area contributed by atoms with Crippen molar-refractivity contribution >= 4 is 5.78 Å². The second-order valence-corrected chi connectivity index (χ2v) is 4.54. The SMILES string of the molecule is CN(CCC(=O)c1cc(F)cc(F)c1)C1CC1. The standard InChI is InChI=1S/C13H15F2NO/c1-16(12-2-3-12)5-4-13(17)9-6-10(14)8-11(15)7-9/h6-8,12H,2-5H2,1H3. The summed E-state index contributed by atoms with van der Waals surface area (Å²) in [6.07, 6.45) is 2.66. The minimum Gasteiger partial charge on any atom is -0.303 e. The number of carbonyl (C=O) groups excluding carboxylic acids is 1. The molecule has 0 unspecified atom stereocenters. The van der Waals surface area contributed by atoms with Crippen LogP contribution in [0.1, 0.15) is 29.6 Å². The maximum absolute atomic E-state index is 12.9. The fourth-order valence-electron chi connectivity index (χ4n) is 1.83. The molecule has 17 heavy (non-hydrogen) atoms. The van der Waals surface area contributed by atoms with Crippen LogP contribution in [0, 0.1) is 11.6 Å². The van der Waals surface area contributed by atoms with Crippen molar-refractivity contribution in [1.29, 1.82) is 0 Å². The average molecular weight is 239 g/mol. The molecule has 92 valence electrons. The summed E-state index contributed by atoms with van der Waals surface area (Å²) in [4.78, 5) is 13.9.